The monoisotopic (exact) mass is 294 g/mol. The fraction of sp³-hybridized carbons (Fsp3) is 0. The zero-order chi connectivity index (χ0) is 15.5. The first-order valence-corrected chi connectivity index (χ1v) is 6.56. The molecule has 0 fully saturated rings. The molecule has 0 amide bonds. The summed E-state index contributed by atoms with van der Waals surface area (Å²) in [7, 11) is 0. The van der Waals surface area contributed by atoms with Crippen LogP contribution in [0.4, 0.5) is 4.39 Å². The van der Waals surface area contributed by atoms with E-state index in [1.54, 1.807) is 36.5 Å². The molecule has 4 nitrogen and oxygen atoms in total. The maximum absolute atomic E-state index is 13.3. The Kier molecular flexibility index (Phi) is 3.62. The van der Waals surface area contributed by atoms with Crippen LogP contribution in [0.1, 0.15) is 10.4 Å². The lowest BCUT2D eigenvalue weighted by Gasteiger charge is -2.05. The zero-order valence-corrected chi connectivity index (χ0v) is 11.4. The van der Waals surface area contributed by atoms with Crippen molar-refractivity contribution < 1.29 is 14.3 Å². The van der Waals surface area contributed by atoms with Gasteiger partial charge in [0, 0.05) is 17.3 Å². The van der Waals surface area contributed by atoms with Gasteiger partial charge in [-0.1, -0.05) is 24.3 Å². The van der Waals surface area contributed by atoms with E-state index in [9.17, 15) is 9.18 Å². The molecule has 22 heavy (non-hydrogen) atoms. The Morgan fingerprint density at radius 2 is 1.77 bits per heavy atom. The number of aromatic nitrogens is 2. The van der Waals surface area contributed by atoms with Crippen molar-refractivity contribution in [1.82, 2.24) is 9.97 Å². The number of nitrogens with zero attached hydrogens (tertiary/aromatic N) is 2. The number of aromatic carboxylic acids is 1. The average Bonchev–Trinajstić information content (AvgIpc) is 2.55. The molecular weight excluding hydrogens is 283 g/mol. The number of benzene rings is 2. The molecule has 2 aromatic carbocycles. The second-order valence-corrected chi connectivity index (χ2v) is 4.66. The van der Waals surface area contributed by atoms with Gasteiger partial charge in [0.2, 0.25) is 0 Å². The van der Waals surface area contributed by atoms with Crippen molar-refractivity contribution in [3.63, 3.8) is 0 Å². The second-order valence-electron chi connectivity index (χ2n) is 4.66. The summed E-state index contributed by atoms with van der Waals surface area (Å²) in [6.07, 6.45) is 1.59. The van der Waals surface area contributed by atoms with E-state index in [4.69, 9.17) is 5.11 Å². The van der Waals surface area contributed by atoms with Crippen LogP contribution in [-0.4, -0.2) is 21.0 Å². The lowest BCUT2D eigenvalue weighted by atomic mass is 10.1. The van der Waals surface area contributed by atoms with Gasteiger partial charge < -0.3 is 5.11 Å². The molecule has 1 N–H and O–H groups in total. The van der Waals surface area contributed by atoms with Crippen LogP contribution >= 0.6 is 0 Å². The minimum atomic E-state index is -0.977. The Bertz CT molecular complexity index is 832. The van der Waals surface area contributed by atoms with E-state index in [0.717, 1.165) is 5.56 Å². The number of halogens is 1. The molecule has 0 saturated carbocycles. The van der Waals surface area contributed by atoms with E-state index in [0.29, 0.717) is 17.1 Å². The van der Waals surface area contributed by atoms with Crippen LogP contribution in [0.15, 0.2) is 60.8 Å². The van der Waals surface area contributed by atoms with Gasteiger partial charge in [0.25, 0.3) is 0 Å². The third-order valence-electron chi connectivity index (χ3n) is 3.17. The van der Waals surface area contributed by atoms with E-state index in [-0.39, 0.29) is 11.4 Å². The van der Waals surface area contributed by atoms with Crippen molar-refractivity contribution in [3.8, 4) is 22.6 Å². The third kappa shape index (κ3) is 2.83. The smallest absolute Gasteiger partial charge is 0.335 e. The molecule has 0 atom stereocenters. The molecule has 0 aliphatic carbocycles. The lowest BCUT2D eigenvalue weighted by Crippen LogP contribution is -1.96. The maximum Gasteiger partial charge on any atom is 0.335 e. The van der Waals surface area contributed by atoms with E-state index >= 15 is 0 Å². The van der Waals surface area contributed by atoms with Gasteiger partial charge in [0.15, 0.2) is 5.82 Å². The Labute approximate surface area is 125 Å². The van der Waals surface area contributed by atoms with E-state index in [2.05, 4.69) is 9.97 Å². The van der Waals surface area contributed by atoms with Crippen molar-refractivity contribution in [3.05, 3.63) is 72.2 Å². The minimum Gasteiger partial charge on any atom is -0.478 e. The minimum absolute atomic E-state index is 0.211. The third-order valence-corrected chi connectivity index (χ3v) is 3.17. The van der Waals surface area contributed by atoms with Gasteiger partial charge in [0.1, 0.15) is 5.82 Å². The molecule has 0 bridgehead atoms. The number of rotatable bonds is 3. The molecule has 3 aromatic rings. The van der Waals surface area contributed by atoms with Crippen molar-refractivity contribution in [1.29, 1.82) is 0 Å². The normalized spacial score (nSPS) is 10.4. The number of carboxylic acid groups (broad SMARTS) is 1. The van der Waals surface area contributed by atoms with Gasteiger partial charge in [-0.2, -0.15) is 0 Å². The summed E-state index contributed by atoms with van der Waals surface area (Å²) in [4.78, 5) is 19.4. The summed E-state index contributed by atoms with van der Waals surface area (Å²) in [6.45, 7) is 0. The zero-order valence-electron chi connectivity index (χ0n) is 11.4. The molecule has 1 heterocycles. The highest BCUT2D eigenvalue weighted by atomic mass is 19.1. The summed E-state index contributed by atoms with van der Waals surface area (Å²) in [6, 6.07) is 14.2. The van der Waals surface area contributed by atoms with E-state index < -0.39 is 5.97 Å². The molecule has 0 saturated heterocycles. The van der Waals surface area contributed by atoms with Crippen LogP contribution in [-0.2, 0) is 0 Å². The number of carboxylic acids is 1. The van der Waals surface area contributed by atoms with Crippen molar-refractivity contribution in [2.45, 2.75) is 0 Å². The first-order valence-electron chi connectivity index (χ1n) is 6.56. The summed E-state index contributed by atoms with van der Waals surface area (Å²) >= 11 is 0. The van der Waals surface area contributed by atoms with Gasteiger partial charge in [0.05, 0.1) is 11.3 Å². The second kappa shape index (κ2) is 5.73. The van der Waals surface area contributed by atoms with Gasteiger partial charge in [-0.05, 0) is 30.3 Å². The number of hydrogen-bond donors (Lipinski definition) is 1. The van der Waals surface area contributed by atoms with Crippen molar-refractivity contribution >= 4 is 5.97 Å². The molecule has 5 heteroatoms. The van der Waals surface area contributed by atoms with Crippen LogP contribution in [0.3, 0.4) is 0 Å². The van der Waals surface area contributed by atoms with Crippen LogP contribution in [0.2, 0.25) is 0 Å². The van der Waals surface area contributed by atoms with Crippen LogP contribution < -0.4 is 0 Å². The van der Waals surface area contributed by atoms with Gasteiger partial charge >= 0.3 is 5.97 Å². The molecular formula is C17H11FN2O2. The Morgan fingerprint density at radius 1 is 1.00 bits per heavy atom. The quantitative estimate of drug-likeness (QED) is 0.801. The van der Waals surface area contributed by atoms with E-state index in [1.165, 1.54) is 24.3 Å². The molecule has 0 aliphatic heterocycles. The highest BCUT2D eigenvalue weighted by Gasteiger charge is 2.07. The van der Waals surface area contributed by atoms with Gasteiger partial charge in [-0.15, -0.1) is 0 Å². The highest BCUT2D eigenvalue weighted by Crippen LogP contribution is 2.21. The molecule has 1 aromatic heterocycles. The Hall–Kier alpha value is -3.08. The SMILES string of the molecule is O=C(O)c1ccc(-c2ccnc(-c3cccc(F)c3)n2)cc1. The Morgan fingerprint density at radius 3 is 2.45 bits per heavy atom. The largest absolute Gasteiger partial charge is 0.478 e. The lowest BCUT2D eigenvalue weighted by molar-refractivity contribution is 0.0697. The Balaban J connectivity index is 1.99. The first kappa shape index (κ1) is 13.9. The molecule has 0 unspecified atom stereocenters. The fourth-order valence-corrected chi connectivity index (χ4v) is 2.07. The van der Waals surface area contributed by atoms with Crippen LogP contribution in [0, 0.1) is 5.82 Å². The van der Waals surface area contributed by atoms with Crippen molar-refractivity contribution in [2.24, 2.45) is 0 Å². The number of hydrogen-bond acceptors (Lipinski definition) is 3. The standard InChI is InChI=1S/C17H11FN2O2/c18-14-3-1-2-13(10-14)16-19-9-8-15(20-16)11-4-6-12(7-5-11)17(21)22/h1-10H,(H,21,22). The number of carbonyl (C=O) groups is 1. The van der Waals surface area contributed by atoms with Crippen molar-refractivity contribution in [2.75, 3.05) is 0 Å². The highest BCUT2D eigenvalue weighted by molar-refractivity contribution is 5.88. The van der Waals surface area contributed by atoms with Gasteiger partial charge in [-0.25, -0.2) is 19.2 Å². The van der Waals surface area contributed by atoms with E-state index in [1.807, 2.05) is 0 Å². The topological polar surface area (TPSA) is 63.1 Å². The predicted molar refractivity (Wildman–Crippen MR) is 79.8 cm³/mol. The fourth-order valence-electron chi connectivity index (χ4n) is 2.07. The molecule has 0 aliphatic rings. The van der Waals surface area contributed by atoms with Gasteiger partial charge in [-0.3, -0.25) is 0 Å². The summed E-state index contributed by atoms with van der Waals surface area (Å²) in [5, 5.41) is 8.90. The summed E-state index contributed by atoms with van der Waals surface area (Å²) in [5.41, 5.74) is 2.21. The summed E-state index contributed by atoms with van der Waals surface area (Å²) < 4.78 is 13.3. The molecule has 3 rings (SSSR count). The van der Waals surface area contributed by atoms with Crippen LogP contribution in [0.25, 0.3) is 22.6 Å². The predicted octanol–water partition coefficient (Wildman–Crippen LogP) is 3.65. The van der Waals surface area contributed by atoms with Crippen LogP contribution in [0.5, 0.6) is 0 Å². The first-order chi connectivity index (χ1) is 10.6. The maximum atomic E-state index is 13.3. The average molecular weight is 294 g/mol. The molecule has 0 spiro atoms. The molecule has 0 radical (unpaired) electrons. The molecule has 108 valence electrons. The summed E-state index contributed by atoms with van der Waals surface area (Å²) in [5.74, 6) is -0.911.